The van der Waals surface area contributed by atoms with Crippen molar-refractivity contribution >= 4 is 5.91 Å². The van der Waals surface area contributed by atoms with Crippen LogP contribution in [-0.2, 0) is 17.9 Å². The Bertz CT molecular complexity index is 736. The van der Waals surface area contributed by atoms with Gasteiger partial charge in [-0.1, -0.05) is 24.3 Å². The van der Waals surface area contributed by atoms with Crippen molar-refractivity contribution in [2.45, 2.75) is 13.1 Å². The molecule has 1 saturated heterocycles. The van der Waals surface area contributed by atoms with E-state index in [1.54, 1.807) is 11.0 Å². The quantitative estimate of drug-likeness (QED) is 0.823. The van der Waals surface area contributed by atoms with Crippen LogP contribution in [0.4, 0.5) is 4.39 Å². The van der Waals surface area contributed by atoms with Crippen LogP contribution in [0.5, 0.6) is 5.75 Å². The third kappa shape index (κ3) is 5.03. The molecule has 1 fully saturated rings. The second kappa shape index (κ2) is 8.78. The molecule has 26 heavy (non-hydrogen) atoms. The van der Waals surface area contributed by atoms with E-state index in [4.69, 9.17) is 9.84 Å². The van der Waals surface area contributed by atoms with Crippen molar-refractivity contribution in [1.29, 1.82) is 0 Å². The number of hydrogen-bond acceptors (Lipinski definition) is 4. The number of aliphatic hydroxyl groups is 1. The van der Waals surface area contributed by atoms with Gasteiger partial charge in [-0.3, -0.25) is 9.69 Å². The molecule has 0 bridgehead atoms. The molecule has 2 aromatic rings. The number of piperazine rings is 1. The lowest BCUT2D eigenvalue weighted by Crippen LogP contribution is -2.49. The molecule has 1 aliphatic heterocycles. The van der Waals surface area contributed by atoms with E-state index in [0.717, 1.165) is 23.4 Å². The summed E-state index contributed by atoms with van der Waals surface area (Å²) < 4.78 is 18.6. The summed E-state index contributed by atoms with van der Waals surface area (Å²) in [4.78, 5) is 16.3. The minimum Gasteiger partial charge on any atom is -0.491 e. The van der Waals surface area contributed by atoms with Gasteiger partial charge in [0.2, 0.25) is 5.91 Å². The first-order chi connectivity index (χ1) is 12.6. The molecule has 1 N–H and O–H groups in total. The molecule has 1 amide bonds. The summed E-state index contributed by atoms with van der Waals surface area (Å²) in [5.74, 6) is 0.502. The van der Waals surface area contributed by atoms with Crippen molar-refractivity contribution in [3.05, 3.63) is 65.5 Å². The lowest BCUT2D eigenvalue weighted by molar-refractivity contribution is -0.136. The minimum atomic E-state index is -0.278. The number of carbonyl (C=O) groups excluding carboxylic acids is 1. The molecule has 3 rings (SSSR count). The predicted octanol–water partition coefficient (Wildman–Crippen LogP) is 2.04. The van der Waals surface area contributed by atoms with E-state index in [9.17, 15) is 9.18 Å². The highest BCUT2D eigenvalue weighted by Crippen LogP contribution is 2.16. The average Bonchev–Trinajstić information content (AvgIpc) is 2.63. The molecule has 0 spiro atoms. The second-order valence-electron chi connectivity index (χ2n) is 6.37. The lowest BCUT2D eigenvalue weighted by atomic mass is 10.1. The fourth-order valence-corrected chi connectivity index (χ4v) is 3.03. The molecular formula is C20H23FN2O3. The summed E-state index contributed by atoms with van der Waals surface area (Å²) in [6.45, 7) is 3.18. The van der Waals surface area contributed by atoms with E-state index in [0.29, 0.717) is 26.2 Å². The molecule has 0 unspecified atom stereocenters. The molecule has 0 atom stereocenters. The highest BCUT2D eigenvalue weighted by atomic mass is 19.1. The van der Waals surface area contributed by atoms with E-state index in [1.165, 1.54) is 12.1 Å². The number of rotatable bonds is 7. The molecule has 0 aromatic heterocycles. The van der Waals surface area contributed by atoms with Crippen LogP contribution in [0.3, 0.4) is 0 Å². The van der Waals surface area contributed by atoms with Gasteiger partial charge in [0.25, 0.3) is 0 Å². The van der Waals surface area contributed by atoms with Gasteiger partial charge >= 0.3 is 0 Å². The molecule has 1 heterocycles. The maximum atomic E-state index is 13.3. The van der Waals surface area contributed by atoms with E-state index >= 15 is 0 Å². The fraction of sp³-hybridized carbons (Fsp3) is 0.350. The third-order valence-corrected chi connectivity index (χ3v) is 4.35. The molecule has 0 aliphatic carbocycles. The fourth-order valence-electron chi connectivity index (χ4n) is 3.03. The topological polar surface area (TPSA) is 53.0 Å². The molecule has 0 saturated carbocycles. The lowest BCUT2D eigenvalue weighted by Gasteiger charge is -2.34. The third-order valence-electron chi connectivity index (χ3n) is 4.35. The van der Waals surface area contributed by atoms with Crippen LogP contribution in [0.1, 0.15) is 11.1 Å². The maximum Gasteiger partial charge on any atom is 0.237 e. The number of nitrogens with zero attached hydrogens (tertiary/aromatic N) is 2. The number of carbonyl (C=O) groups is 1. The Morgan fingerprint density at radius 2 is 1.85 bits per heavy atom. The summed E-state index contributed by atoms with van der Waals surface area (Å²) in [6, 6.07) is 14.1. The van der Waals surface area contributed by atoms with Gasteiger partial charge in [0.15, 0.2) is 0 Å². The van der Waals surface area contributed by atoms with E-state index < -0.39 is 0 Å². The number of halogens is 1. The average molecular weight is 358 g/mol. The molecule has 5 nitrogen and oxygen atoms in total. The van der Waals surface area contributed by atoms with Crippen molar-refractivity contribution in [2.75, 3.05) is 32.8 Å². The van der Waals surface area contributed by atoms with Crippen LogP contribution < -0.4 is 4.74 Å². The van der Waals surface area contributed by atoms with Crippen molar-refractivity contribution < 1.29 is 19.0 Å². The Kier molecular flexibility index (Phi) is 6.20. The smallest absolute Gasteiger partial charge is 0.237 e. The van der Waals surface area contributed by atoms with E-state index in [2.05, 4.69) is 4.90 Å². The Morgan fingerprint density at radius 1 is 1.04 bits per heavy atom. The number of hydrogen-bond donors (Lipinski definition) is 1. The first-order valence-corrected chi connectivity index (χ1v) is 8.71. The molecule has 138 valence electrons. The van der Waals surface area contributed by atoms with Crippen LogP contribution in [0, 0.1) is 5.82 Å². The number of ether oxygens (including phenoxy) is 1. The van der Waals surface area contributed by atoms with Gasteiger partial charge in [0.05, 0.1) is 13.2 Å². The number of benzene rings is 2. The van der Waals surface area contributed by atoms with E-state index in [-0.39, 0.29) is 24.9 Å². The summed E-state index contributed by atoms with van der Waals surface area (Å²) >= 11 is 0. The molecule has 0 radical (unpaired) electrons. The Hall–Kier alpha value is -2.44. The zero-order chi connectivity index (χ0) is 18.4. The second-order valence-corrected chi connectivity index (χ2v) is 6.37. The zero-order valence-corrected chi connectivity index (χ0v) is 14.6. The predicted molar refractivity (Wildman–Crippen MR) is 96.1 cm³/mol. The Labute approximate surface area is 152 Å². The highest BCUT2D eigenvalue weighted by molar-refractivity contribution is 5.79. The van der Waals surface area contributed by atoms with Gasteiger partial charge in [-0.05, 0) is 35.4 Å². The van der Waals surface area contributed by atoms with Crippen molar-refractivity contribution in [1.82, 2.24) is 9.80 Å². The largest absolute Gasteiger partial charge is 0.491 e. The van der Waals surface area contributed by atoms with Crippen molar-refractivity contribution in [3.8, 4) is 5.75 Å². The molecule has 2 aromatic carbocycles. The monoisotopic (exact) mass is 358 g/mol. The van der Waals surface area contributed by atoms with Crippen molar-refractivity contribution in [2.24, 2.45) is 0 Å². The standard InChI is InChI=1S/C20H23FN2O3/c21-18-3-1-2-17(12-18)14-23-9-8-22(15-20(23)25)13-16-4-6-19(7-5-16)26-11-10-24/h1-7,12,24H,8-11,13-15H2. The minimum absolute atomic E-state index is 0.0102. The Morgan fingerprint density at radius 3 is 2.54 bits per heavy atom. The maximum absolute atomic E-state index is 13.3. The summed E-state index contributed by atoms with van der Waals surface area (Å²) in [6.07, 6.45) is 0. The van der Waals surface area contributed by atoms with Crippen molar-refractivity contribution in [3.63, 3.8) is 0 Å². The highest BCUT2D eigenvalue weighted by Gasteiger charge is 2.24. The summed E-state index contributed by atoms with van der Waals surface area (Å²) in [7, 11) is 0. The van der Waals surface area contributed by atoms with Crippen LogP contribution in [0.2, 0.25) is 0 Å². The molecular weight excluding hydrogens is 335 g/mol. The van der Waals surface area contributed by atoms with Gasteiger partial charge in [-0.25, -0.2) is 4.39 Å². The molecule has 1 aliphatic rings. The van der Waals surface area contributed by atoms with Gasteiger partial charge in [0, 0.05) is 26.2 Å². The van der Waals surface area contributed by atoms with Gasteiger partial charge in [-0.15, -0.1) is 0 Å². The van der Waals surface area contributed by atoms with Crippen LogP contribution >= 0.6 is 0 Å². The number of aliphatic hydroxyl groups excluding tert-OH is 1. The van der Waals surface area contributed by atoms with Gasteiger partial charge < -0.3 is 14.7 Å². The SMILES string of the molecule is O=C1CN(Cc2ccc(OCCO)cc2)CCN1Cc1cccc(F)c1. The number of amides is 1. The first-order valence-electron chi connectivity index (χ1n) is 8.71. The Balaban J connectivity index is 1.51. The van der Waals surface area contributed by atoms with Gasteiger partial charge in [-0.2, -0.15) is 0 Å². The summed E-state index contributed by atoms with van der Waals surface area (Å²) in [5, 5.41) is 8.77. The van der Waals surface area contributed by atoms with Crippen LogP contribution in [0.25, 0.3) is 0 Å². The van der Waals surface area contributed by atoms with Crippen LogP contribution in [0.15, 0.2) is 48.5 Å². The van der Waals surface area contributed by atoms with E-state index in [1.807, 2.05) is 30.3 Å². The normalized spacial score (nSPS) is 15.3. The molecule has 6 heteroatoms. The summed E-state index contributed by atoms with van der Waals surface area (Å²) in [5.41, 5.74) is 1.91. The zero-order valence-electron chi connectivity index (χ0n) is 14.6. The van der Waals surface area contributed by atoms with Gasteiger partial charge in [0.1, 0.15) is 18.2 Å². The first kappa shape index (κ1) is 18.4. The van der Waals surface area contributed by atoms with Crippen LogP contribution in [-0.4, -0.2) is 53.7 Å².